The first-order chi connectivity index (χ1) is 13.9. The fraction of sp³-hybridized carbons (Fsp3) is 0.381. The van der Waals surface area contributed by atoms with Gasteiger partial charge in [0.2, 0.25) is 10.0 Å². The van der Waals surface area contributed by atoms with Crippen molar-refractivity contribution in [1.82, 2.24) is 10.2 Å². The molecule has 7 nitrogen and oxygen atoms in total. The van der Waals surface area contributed by atoms with Crippen molar-refractivity contribution in [2.24, 2.45) is 10.1 Å². The van der Waals surface area contributed by atoms with Crippen molar-refractivity contribution in [3.05, 3.63) is 59.7 Å². The molecule has 0 radical (unpaired) electrons. The standard InChI is InChI=1S/C21H28N4O3S.HI/c1-3-23-21(24-14-16-5-4-6-20(13-16)29(22,26)27)25-12-11-18(15-25)17-7-9-19(28-2)10-8-17;/h4-10,13,18H,3,11-12,14-15H2,1-2H3,(H,23,24)(H2,22,26,27);1H. The average Bonchev–Trinajstić information content (AvgIpc) is 3.21. The average molecular weight is 544 g/mol. The minimum absolute atomic E-state index is 0. The van der Waals surface area contributed by atoms with Gasteiger partial charge in [-0.15, -0.1) is 24.0 Å². The molecule has 0 spiro atoms. The molecule has 9 heteroatoms. The van der Waals surface area contributed by atoms with E-state index in [0.29, 0.717) is 12.5 Å². The Morgan fingerprint density at radius 1 is 1.27 bits per heavy atom. The van der Waals surface area contributed by atoms with E-state index in [-0.39, 0.29) is 28.9 Å². The zero-order chi connectivity index (χ0) is 20.9. The van der Waals surface area contributed by atoms with Gasteiger partial charge in [0, 0.05) is 25.6 Å². The molecule has 164 valence electrons. The molecule has 1 aliphatic heterocycles. The van der Waals surface area contributed by atoms with Gasteiger partial charge in [0.1, 0.15) is 5.75 Å². The van der Waals surface area contributed by atoms with Gasteiger partial charge in [0.05, 0.1) is 18.6 Å². The first kappa shape index (κ1) is 24.4. The number of halogens is 1. The number of hydrogen-bond acceptors (Lipinski definition) is 4. The summed E-state index contributed by atoms with van der Waals surface area (Å²) >= 11 is 0. The van der Waals surface area contributed by atoms with Crippen LogP contribution in [0.1, 0.15) is 30.4 Å². The van der Waals surface area contributed by atoms with Crippen molar-refractivity contribution >= 4 is 40.0 Å². The van der Waals surface area contributed by atoms with Gasteiger partial charge in [-0.3, -0.25) is 0 Å². The highest BCUT2D eigenvalue weighted by molar-refractivity contribution is 14.0. The third-order valence-corrected chi connectivity index (χ3v) is 5.96. The maximum absolute atomic E-state index is 11.6. The van der Waals surface area contributed by atoms with E-state index in [1.54, 1.807) is 19.2 Å². The number of sulfonamides is 1. The van der Waals surface area contributed by atoms with Crippen LogP contribution in [0.3, 0.4) is 0 Å². The van der Waals surface area contributed by atoms with Gasteiger partial charge >= 0.3 is 0 Å². The largest absolute Gasteiger partial charge is 0.497 e. The lowest BCUT2D eigenvalue weighted by Gasteiger charge is -2.22. The Hall–Kier alpha value is -1.85. The summed E-state index contributed by atoms with van der Waals surface area (Å²) in [5, 5.41) is 8.57. The predicted molar refractivity (Wildman–Crippen MR) is 130 cm³/mol. The number of methoxy groups -OCH3 is 1. The molecule has 1 unspecified atom stereocenters. The smallest absolute Gasteiger partial charge is 0.238 e. The highest BCUT2D eigenvalue weighted by Crippen LogP contribution is 2.28. The number of ether oxygens (including phenoxy) is 1. The van der Waals surface area contributed by atoms with Gasteiger partial charge < -0.3 is 15.0 Å². The Labute approximate surface area is 195 Å². The molecular weight excluding hydrogens is 515 g/mol. The number of nitrogens with two attached hydrogens (primary N) is 1. The summed E-state index contributed by atoms with van der Waals surface area (Å²) in [5.41, 5.74) is 2.10. The lowest BCUT2D eigenvalue weighted by molar-refractivity contribution is 0.414. The molecule has 0 saturated carbocycles. The van der Waals surface area contributed by atoms with Crippen LogP contribution < -0.4 is 15.2 Å². The Kier molecular flexibility index (Phi) is 8.92. The van der Waals surface area contributed by atoms with Crippen LogP contribution in [0, 0.1) is 0 Å². The molecule has 30 heavy (non-hydrogen) atoms. The van der Waals surface area contributed by atoms with Crippen LogP contribution in [0.15, 0.2) is 58.4 Å². The van der Waals surface area contributed by atoms with Crippen molar-refractivity contribution in [3.63, 3.8) is 0 Å². The lowest BCUT2D eigenvalue weighted by atomic mass is 9.98. The minimum Gasteiger partial charge on any atom is -0.497 e. The van der Waals surface area contributed by atoms with Crippen molar-refractivity contribution in [2.45, 2.75) is 30.7 Å². The molecule has 1 saturated heterocycles. The van der Waals surface area contributed by atoms with E-state index in [9.17, 15) is 8.42 Å². The zero-order valence-electron chi connectivity index (χ0n) is 17.2. The number of benzene rings is 2. The molecule has 3 N–H and O–H groups in total. The molecule has 0 aliphatic carbocycles. The monoisotopic (exact) mass is 544 g/mol. The van der Waals surface area contributed by atoms with E-state index in [1.807, 2.05) is 25.1 Å². The highest BCUT2D eigenvalue weighted by Gasteiger charge is 2.26. The van der Waals surface area contributed by atoms with Crippen LogP contribution in [0.4, 0.5) is 0 Å². The molecule has 2 aromatic rings. The van der Waals surface area contributed by atoms with Crippen LogP contribution in [0.5, 0.6) is 5.75 Å². The highest BCUT2D eigenvalue weighted by atomic mass is 127. The fourth-order valence-corrected chi connectivity index (χ4v) is 4.10. The summed E-state index contributed by atoms with van der Waals surface area (Å²) in [6.45, 7) is 4.98. The maximum atomic E-state index is 11.6. The van der Waals surface area contributed by atoms with Gasteiger partial charge in [0.25, 0.3) is 0 Å². The van der Waals surface area contributed by atoms with Gasteiger partial charge in [-0.25, -0.2) is 18.5 Å². The molecular formula is C21H29IN4O3S. The third kappa shape index (κ3) is 6.32. The Bertz CT molecular complexity index is 964. The van der Waals surface area contributed by atoms with Gasteiger partial charge in [-0.1, -0.05) is 24.3 Å². The topological polar surface area (TPSA) is 97.0 Å². The van der Waals surface area contributed by atoms with Crippen molar-refractivity contribution < 1.29 is 13.2 Å². The number of hydrogen-bond donors (Lipinski definition) is 2. The summed E-state index contributed by atoms with van der Waals surface area (Å²) < 4.78 is 28.4. The molecule has 0 bridgehead atoms. The van der Waals surface area contributed by atoms with E-state index in [0.717, 1.165) is 43.3 Å². The Balaban J connectivity index is 0.00000320. The lowest BCUT2D eigenvalue weighted by Crippen LogP contribution is -2.40. The quantitative estimate of drug-likeness (QED) is 0.331. The van der Waals surface area contributed by atoms with E-state index in [2.05, 4.69) is 22.3 Å². The molecule has 0 amide bonds. The van der Waals surface area contributed by atoms with E-state index >= 15 is 0 Å². The first-order valence-electron chi connectivity index (χ1n) is 9.69. The summed E-state index contributed by atoms with van der Waals surface area (Å²) in [4.78, 5) is 7.08. The summed E-state index contributed by atoms with van der Waals surface area (Å²) in [5.74, 6) is 2.14. The predicted octanol–water partition coefficient (Wildman–Crippen LogP) is 2.92. The summed E-state index contributed by atoms with van der Waals surface area (Å²) in [6.07, 6.45) is 1.05. The number of nitrogens with zero attached hydrogens (tertiary/aromatic N) is 2. The van der Waals surface area contributed by atoms with Gasteiger partial charge in [-0.05, 0) is 48.7 Å². The van der Waals surface area contributed by atoms with Crippen LogP contribution in [0.2, 0.25) is 0 Å². The number of aliphatic imine (C=N–C) groups is 1. The van der Waals surface area contributed by atoms with E-state index in [1.165, 1.54) is 11.6 Å². The second-order valence-corrected chi connectivity index (χ2v) is 8.63. The molecule has 3 rings (SSSR count). The SMILES string of the molecule is CCNC(=NCc1cccc(S(N)(=O)=O)c1)N1CCC(c2ccc(OC)cc2)C1.I. The molecule has 2 aromatic carbocycles. The Morgan fingerprint density at radius 2 is 2.00 bits per heavy atom. The fourth-order valence-electron chi connectivity index (χ4n) is 3.51. The second-order valence-electron chi connectivity index (χ2n) is 7.07. The van der Waals surface area contributed by atoms with Crippen LogP contribution in [0.25, 0.3) is 0 Å². The first-order valence-corrected chi connectivity index (χ1v) is 11.2. The van der Waals surface area contributed by atoms with Crippen LogP contribution >= 0.6 is 24.0 Å². The van der Waals surface area contributed by atoms with Crippen LogP contribution in [-0.2, 0) is 16.6 Å². The summed E-state index contributed by atoms with van der Waals surface area (Å²) in [7, 11) is -2.05. The third-order valence-electron chi connectivity index (χ3n) is 5.05. The Morgan fingerprint density at radius 3 is 2.63 bits per heavy atom. The summed E-state index contributed by atoms with van der Waals surface area (Å²) in [6, 6.07) is 14.8. The normalized spacial score (nSPS) is 16.8. The number of rotatable bonds is 6. The number of guanidine groups is 1. The molecule has 1 atom stereocenters. The van der Waals surface area contributed by atoms with Gasteiger partial charge in [0.15, 0.2) is 5.96 Å². The van der Waals surface area contributed by atoms with Gasteiger partial charge in [-0.2, -0.15) is 0 Å². The number of likely N-dealkylation sites (tertiary alicyclic amines) is 1. The van der Waals surface area contributed by atoms with E-state index < -0.39 is 10.0 Å². The molecule has 1 heterocycles. The van der Waals surface area contributed by atoms with E-state index in [4.69, 9.17) is 14.9 Å². The number of nitrogens with one attached hydrogen (secondary N) is 1. The molecule has 1 fully saturated rings. The number of primary sulfonamides is 1. The van der Waals surface area contributed by atoms with Crippen molar-refractivity contribution in [2.75, 3.05) is 26.7 Å². The minimum atomic E-state index is -3.72. The molecule has 0 aromatic heterocycles. The van der Waals surface area contributed by atoms with Crippen LogP contribution in [-0.4, -0.2) is 46.0 Å². The molecule has 1 aliphatic rings. The second kappa shape index (κ2) is 11.0. The zero-order valence-corrected chi connectivity index (χ0v) is 20.4. The van der Waals surface area contributed by atoms with Crippen molar-refractivity contribution in [1.29, 1.82) is 0 Å². The maximum Gasteiger partial charge on any atom is 0.238 e. The van der Waals surface area contributed by atoms with Crippen molar-refractivity contribution in [3.8, 4) is 5.75 Å².